The van der Waals surface area contributed by atoms with E-state index in [9.17, 15) is 4.79 Å². The maximum absolute atomic E-state index is 12.5. The Bertz CT molecular complexity index is 658. The number of hydrogen-bond acceptors (Lipinski definition) is 5. The molecule has 0 saturated carbocycles. The lowest BCUT2D eigenvalue weighted by Crippen LogP contribution is -2.41. The smallest absolute Gasteiger partial charge is 0.224 e. The molecule has 0 aliphatic carbocycles. The predicted molar refractivity (Wildman–Crippen MR) is 116 cm³/mol. The van der Waals surface area contributed by atoms with Crippen LogP contribution in [0.1, 0.15) is 36.1 Å². The van der Waals surface area contributed by atoms with Crippen LogP contribution in [-0.2, 0) is 27.2 Å². The van der Waals surface area contributed by atoms with Gasteiger partial charge in [-0.05, 0) is 48.6 Å². The van der Waals surface area contributed by atoms with Gasteiger partial charge >= 0.3 is 0 Å². The molecule has 0 spiro atoms. The van der Waals surface area contributed by atoms with Crippen molar-refractivity contribution in [3.8, 4) is 0 Å². The van der Waals surface area contributed by atoms with Gasteiger partial charge in [0.15, 0.2) is 5.96 Å². The molecule has 1 saturated heterocycles. The van der Waals surface area contributed by atoms with Crippen LogP contribution >= 0.6 is 11.3 Å². The minimum atomic E-state index is 0.200. The van der Waals surface area contributed by atoms with E-state index < -0.39 is 0 Å². The Kier molecular flexibility index (Phi) is 9.24. The Hall–Kier alpha value is -1.64. The molecule has 8 heteroatoms. The molecular weight excluding hydrogens is 388 g/mol. The SMILES string of the molecule is CN=C(NCCCOCC1CCOCC1)NCCC(=O)N1CCc2sccc2C1. The van der Waals surface area contributed by atoms with Gasteiger partial charge in [-0.3, -0.25) is 9.79 Å². The number of ether oxygens (including phenoxy) is 2. The lowest BCUT2D eigenvalue weighted by atomic mass is 10.0. The van der Waals surface area contributed by atoms with Crippen molar-refractivity contribution in [2.24, 2.45) is 10.9 Å². The summed E-state index contributed by atoms with van der Waals surface area (Å²) in [5, 5.41) is 8.64. The highest BCUT2D eigenvalue weighted by Gasteiger charge is 2.21. The average Bonchev–Trinajstić information content (AvgIpc) is 3.23. The maximum Gasteiger partial charge on any atom is 0.224 e. The van der Waals surface area contributed by atoms with E-state index in [1.54, 1.807) is 18.4 Å². The first-order valence-corrected chi connectivity index (χ1v) is 11.6. The van der Waals surface area contributed by atoms with Gasteiger partial charge in [-0.25, -0.2) is 0 Å². The highest BCUT2D eigenvalue weighted by Crippen LogP contribution is 2.24. The van der Waals surface area contributed by atoms with Crippen molar-refractivity contribution < 1.29 is 14.3 Å². The van der Waals surface area contributed by atoms with Gasteiger partial charge in [-0.15, -0.1) is 11.3 Å². The third-order valence-corrected chi connectivity index (χ3v) is 6.49. The number of hydrogen-bond donors (Lipinski definition) is 2. The number of carbonyl (C=O) groups is 1. The zero-order chi connectivity index (χ0) is 20.3. The summed E-state index contributed by atoms with van der Waals surface area (Å²) in [5.41, 5.74) is 1.30. The van der Waals surface area contributed by atoms with Crippen molar-refractivity contribution in [1.29, 1.82) is 0 Å². The van der Waals surface area contributed by atoms with Gasteiger partial charge in [0.2, 0.25) is 5.91 Å². The molecule has 29 heavy (non-hydrogen) atoms. The first-order valence-electron chi connectivity index (χ1n) is 10.7. The molecule has 0 unspecified atom stereocenters. The summed E-state index contributed by atoms with van der Waals surface area (Å²) in [5.74, 6) is 1.59. The van der Waals surface area contributed by atoms with Crippen LogP contribution in [0, 0.1) is 5.92 Å². The summed E-state index contributed by atoms with van der Waals surface area (Å²) in [6, 6.07) is 2.14. The number of nitrogens with zero attached hydrogens (tertiary/aromatic N) is 2. The number of nitrogens with one attached hydrogen (secondary N) is 2. The Morgan fingerprint density at radius 3 is 3.00 bits per heavy atom. The lowest BCUT2D eigenvalue weighted by Gasteiger charge is -2.27. The summed E-state index contributed by atoms with van der Waals surface area (Å²) >= 11 is 1.80. The van der Waals surface area contributed by atoms with Crippen LogP contribution in [0.5, 0.6) is 0 Å². The summed E-state index contributed by atoms with van der Waals surface area (Å²) in [6.07, 6.45) is 4.61. The molecule has 1 amide bonds. The Labute approximate surface area is 177 Å². The van der Waals surface area contributed by atoms with Gasteiger partial charge in [0.1, 0.15) is 0 Å². The fourth-order valence-corrected chi connectivity index (χ4v) is 4.56. The summed E-state index contributed by atoms with van der Waals surface area (Å²) in [4.78, 5) is 20.1. The molecule has 162 valence electrons. The number of guanidine groups is 1. The van der Waals surface area contributed by atoms with Crippen molar-refractivity contribution in [3.05, 3.63) is 21.9 Å². The average molecular weight is 423 g/mol. The fourth-order valence-electron chi connectivity index (χ4n) is 3.67. The molecule has 7 nitrogen and oxygen atoms in total. The molecule has 0 atom stereocenters. The number of rotatable bonds is 9. The van der Waals surface area contributed by atoms with Crippen LogP contribution < -0.4 is 10.6 Å². The van der Waals surface area contributed by atoms with Crippen LogP contribution in [-0.4, -0.2) is 69.9 Å². The molecule has 0 bridgehead atoms. The van der Waals surface area contributed by atoms with Crippen LogP contribution in [0.25, 0.3) is 0 Å². The summed E-state index contributed by atoms with van der Waals surface area (Å²) in [6.45, 7) is 6.28. The number of fused-ring (bicyclic) bond motifs is 1. The summed E-state index contributed by atoms with van der Waals surface area (Å²) in [7, 11) is 1.75. The molecule has 0 radical (unpaired) electrons. The van der Waals surface area contributed by atoms with Gasteiger partial charge in [0.05, 0.1) is 0 Å². The minimum Gasteiger partial charge on any atom is -0.381 e. The Balaban J connectivity index is 1.22. The molecule has 3 heterocycles. The molecule has 2 aliphatic heterocycles. The topological polar surface area (TPSA) is 75.2 Å². The molecule has 0 aromatic carbocycles. The molecule has 1 aromatic rings. The van der Waals surface area contributed by atoms with Gasteiger partial charge in [0, 0.05) is 71.0 Å². The van der Waals surface area contributed by atoms with Gasteiger partial charge in [-0.1, -0.05) is 0 Å². The third kappa shape index (κ3) is 7.28. The quantitative estimate of drug-likeness (QED) is 0.362. The standard InChI is InChI=1S/C21H34N4O3S/c1-22-21(23-8-2-11-28-16-17-5-12-27-13-6-17)24-9-3-20(26)25-10-4-19-18(15-25)7-14-29-19/h7,14,17H,2-6,8-13,15-16H2,1H3,(H2,22,23,24). The van der Waals surface area contributed by atoms with Gasteiger partial charge in [-0.2, -0.15) is 0 Å². The molecule has 1 fully saturated rings. The largest absolute Gasteiger partial charge is 0.381 e. The van der Waals surface area contributed by atoms with E-state index in [1.165, 1.54) is 10.4 Å². The van der Waals surface area contributed by atoms with E-state index in [4.69, 9.17) is 9.47 Å². The van der Waals surface area contributed by atoms with Crippen molar-refractivity contribution >= 4 is 23.2 Å². The Morgan fingerprint density at radius 1 is 1.34 bits per heavy atom. The first-order chi connectivity index (χ1) is 14.3. The number of amides is 1. The second-order valence-electron chi connectivity index (χ2n) is 7.59. The van der Waals surface area contributed by atoms with E-state index in [2.05, 4.69) is 27.1 Å². The minimum absolute atomic E-state index is 0.200. The molecule has 2 N–H and O–H groups in total. The van der Waals surface area contributed by atoms with Crippen molar-refractivity contribution in [2.75, 3.05) is 53.1 Å². The van der Waals surface area contributed by atoms with Crippen LogP contribution in [0.3, 0.4) is 0 Å². The van der Waals surface area contributed by atoms with Crippen molar-refractivity contribution in [2.45, 2.75) is 38.6 Å². The van der Waals surface area contributed by atoms with Crippen LogP contribution in [0.15, 0.2) is 16.4 Å². The van der Waals surface area contributed by atoms with Crippen LogP contribution in [0.4, 0.5) is 0 Å². The number of aliphatic imine (C=N–C) groups is 1. The van der Waals surface area contributed by atoms with E-state index in [0.29, 0.717) is 18.9 Å². The molecule has 1 aromatic heterocycles. The van der Waals surface area contributed by atoms with Crippen molar-refractivity contribution in [3.63, 3.8) is 0 Å². The van der Waals surface area contributed by atoms with E-state index in [1.807, 2.05) is 4.90 Å². The summed E-state index contributed by atoms with van der Waals surface area (Å²) < 4.78 is 11.1. The number of carbonyl (C=O) groups excluding carboxylic acids is 1. The Morgan fingerprint density at radius 2 is 2.17 bits per heavy atom. The zero-order valence-corrected chi connectivity index (χ0v) is 18.3. The van der Waals surface area contributed by atoms with Crippen LogP contribution in [0.2, 0.25) is 0 Å². The van der Waals surface area contributed by atoms with E-state index >= 15 is 0 Å². The van der Waals surface area contributed by atoms with E-state index in [0.717, 1.165) is 77.7 Å². The third-order valence-electron chi connectivity index (χ3n) is 5.47. The van der Waals surface area contributed by atoms with Crippen molar-refractivity contribution in [1.82, 2.24) is 15.5 Å². The normalized spacial score (nSPS) is 17.8. The monoisotopic (exact) mass is 422 g/mol. The second-order valence-corrected chi connectivity index (χ2v) is 8.59. The maximum atomic E-state index is 12.5. The van der Waals surface area contributed by atoms with Gasteiger partial charge in [0.25, 0.3) is 0 Å². The predicted octanol–water partition coefficient (Wildman–Crippen LogP) is 2.02. The van der Waals surface area contributed by atoms with Gasteiger partial charge < -0.3 is 25.0 Å². The highest BCUT2D eigenvalue weighted by molar-refractivity contribution is 7.10. The number of thiophene rings is 1. The molecular formula is C21H34N4O3S. The lowest BCUT2D eigenvalue weighted by molar-refractivity contribution is -0.131. The van der Waals surface area contributed by atoms with E-state index in [-0.39, 0.29) is 5.91 Å². The second kappa shape index (κ2) is 12.1. The fraction of sp³-hybridized carbons (Fsp3) is 0.714. The first kappa shape index (κ1) is 22.1. The highest BCUT2D eigenvalue weighted by atomic mass is 32.1. The molecule has 3 rings (SSSR count). The molecule has 2 aliphatic rings. The zero-order valence-electron chi connectivity index (χ0n) is 17.5.